The molecule has 2 amide bonds. The van der Waals surface area contributed by atoms with Gasteiger partial charge >= 0.3 is 6.03 Å². The molecule has 1 saturated carbocycles. The number of nitrogens with zero attached hydrogens (tertiary/aromatic N) is 1. The maximum absolute atomic E-state index is 12.0. The van der Waals surface area contributed by atoms with Crippen molar-refractivity contribution in [3.8, 4) is 5.75 Å². The fourth-order valence-electron chi connectivity index (χ4n) is 2.24. The van der Waals surface area contributed by atoms with Crippen molar-refractivity contribution < 1.29 is 14.6 Å². The van der Waals surface area contributed by atoms with E-state index in [-0.39, 0.29) is 12.1 Å². The van der Waals surface area contributed by atoms with Gasteiger partial charge in [0.15, 0.2) is 0 Å². The molecule has 0 bridgehead atoms. The van der Waals surface area contributed by atoms with Crippen molar-refractivity contribution in [2.75, 3.05) is 26.0 Å². The van der Waals surface area contributed by atoms with E-state index >= 15 is 0 Å². The molecule has 2 rings (SSSR count). The number of rotatable bonds is 4. The third-order valence-corrected chi connectivity index (χ3v) is 3.41. The van der Waals surface area contributed by atoms with Crippen LogP contribution in [0.1, 0.15) is 12.8 Å². The number of carbonyl (C=O) groups excluding carboxylic acids is 1. The predicted octanol–water partition coefficient (Wildman–Crippen LogP) is 1.93. The van der Waals surface area contributed by atoms with Gasteiger partial charge in [-0.1, -0.05) is 6.07 Å². The third-order valence-electron chi connectivity index (χ3n) is 3.41. The van der Waals surface area contributed by atoms with E-state index < -0.39 is 0 Å². The van der Waals surface area contributed by atoms with E-state index in [1.165, 1.54) is 0 Å². The lowest BCUT2D eigenvalue weighted by Crippen LogP contribution is -2.41. The number of amides is 2. The molecule has 0 saturated heterocycles. The minimum Gasteiger partial charge on any atom is -0.497 e. The summed E-state index contributed by atoms with van der Waals surface area (Å²) < 4.78 is 5.11. The van der Waals surface area contributed by atoms with Crippen LogP contribution in [-0.4, -0.2) is 42.8 Å². The molecule has 19 heavy (non-hydrogen) atoms. The van der Waals surface area contributed by atoms with Gasteiger partial charge in [0, 0.05) is 25.3 Å². The van der Waals surface area contributed by atoms with Crippen molar-refractivity contribution in [3.05, 3.63) is 24.3 Å². The lowest BCUT2D eigenvalue weighted by molar-refractivity contribution is 0.0332. The van der Waals surface area contributed by atoms with Crippen LogP contribution in [0.3, 0.4) is 0 Å². The molecule has 1 aliphatic rings. The van der Waals surface area contributed by atoms with E-state index in [1.54, 1.807) is 25.1 Å². The molecule has 104 valence electrons. The molecule has 0 atom stereocenters. The summed E-state index contributed by atoms with van der Waals surface area (Å²) in [6, 6.07) is 7.11. The third kappa shape index (κ3) is 3.61. The Bertz CT molecular complexity index is 444. The first-order chi connectivity index (χ1) is 9.08. The summed E-state index contributed by atoms with van der Waals surface area (Å²) in [7, 11) is 3.36. The first kappa shape index (κ1) is 13.7. The SMILES string of the molecule is COc1cccc(NC(=O)N(C)CC2CC(O)C2)c1. The summed E-state index contributed by atoms with van der Waals surface area (Å²) in [4.78, 5) is 13.6. The van der Waals surface area contributed by atoms with Gasteiger partial charge in [-0.05, 0) is 30.9 Å². The van der Waals surface area contributed by atoms with Gasteiger partial charge in [0.05, 0.1) is 13.2 Å². The molecule has 1 aromatic rings. The van der Waals surface area contributed by atoms with Crippen LogP contribution in [0.15, 0.2) is 24.3 Å². The quantitative estimate of drug-likeness (QED) is 0.873. The van der Waals surface area contributed by atoms with Crippen molar-refractivity contribution in [1.82, 2.24) is 4.90 Å². The molecular formula is C14H20N2O3. The molecule has 1 aromatic carbocycles. The molecule has 1 aliphatic carbocycles. The van der Waals surface area contributed by atoms with Gasteiger partial charge in [0.1, 0.15) is 5.75 Å². The number of hydrogen-bond donors (Lipinski definition) is 2. The van der Waals surface area contributed by atoms with Gasteiger partial charge in [0.25, 0.3) is 0 Å². The van der Waals surface area contributed by atoms with E-state index in [9.17, 15) is 9.90 Å². The molecule has 0 unspecified atom stereocenters. The molecule has 0 spiro atoms. The number of ether oxygens (including phenoxy) is 1. The Morgan fingerprint density at radius 3 is 2.89 bits per heavy atom. The highest BCUT2D eigenvalue weighted by molar-refractivity contribution is 5.89. The highest BCUT2D eigenvalue weighted by Gasteiger charge is 2.29. The van der Waals surface area contributed by atoms with Gasteiger partial charge in [0.2, 0.25) is 0 Å². The van der Waals surface area contributed by atoms with Crippen LogP contribution in [0.4, 0.5) is 10.5 Å². The number of methoxy groups -OCH3 is 1. The number of aliphatic hydroxyl groups excluding tert-OH is 1. The molecule has 5 nitrogen and oxygen atoms in total. The zero-order valence-electron chi connectivity index (χ0n) is 11.3. The number of aliphatic hydroxyl groups is 1. The maximum Gasteiger partial charge on any atom is 0.321 e. The molecule has 0 heterocycles. The minimum atomic E-state index is -0.181. The molecule has 0 aliphatic heterocycles. The van der Waals surface area contributed by atoms with Crippen LogP contribution >= 0.6 is 0 Å². The predicted molar refractivity (Wildman–Crippen MR) is 73.4 cm³/mol. The van der Waals surface area contributed by atoms with Crippen molar-refractivity contribution in [3.63, 3.8) is 0 Å². The molecular weight excluding hydrogens is 244 g/mol. The maximum atomic E-state index is 12.0. The van der Waals surface area contributed by atoms with Crippen LogP contribution in [0.25, 0.3) is 0 Å². The number of nitrogens with one attached hydrogen (secondary N) is 1. The number of urea groups is 1. The summed E-state index contributed by atoms with van der Waals surface area (Å²) in [6.45, 7) is 0.673. The number of benzene rings is 1. The summed E-state index contributed by atoms with van der Waals surface area (Å²) >= 11 is 0. The Kier molecular flexibility index (Phi) is 4.27. The molecule has 1 fully saturated rings. The topological polar surface area (TPSA) is 61.8 Å². The van der Waals surface area contributed by atoms with Crippen LogP contribution in [-0.2, 0) is 0 Å². The Hall–Kier alpha value is -1.75. The first-order valence-electron chi connectivity index (χ1n) is 6.42. The number of carbonyl (C=O) groups is 1. The molecule has 2 N–H and O–H groups in total. The highest BCUT2D eigenvalue weighted by atomic mass is 16.5. The summed E-state index contributed by atoms with van der Waals surface area (Å²) in [5.74, 6) is 1.12. The second kappa shape index (κ2) is 5.93. The second-order valence-electron chi connectivity index (χ2n) is 5.03. The van der Waals surface area contributed by atoms with Crippen molar-refractivity contribution in [2.45, 2.75) is 18.9 Å². The second-order valence-corrected chi connectivity index (χ2v) is 5.03. The van der Waals surface area contributed by atoms with E-state index in [0.717, 1.165) is 12.8 Å². The van der Waals surface area contributed by atoms with Gasteiger partial charge in [-0.25, -0.2) is 4.79 Å². The molecule has 0 aromatic heterocycles. The standard InChI is InChI=1S/C14H20N2O3/c1-16(9-10-6-12(17)7-10)14(18)15-11-4-3-5-13(8-11)19-2/h3-5,8,10,12,17H,6-7,9H2,1-2H3,(H,15,18). The van der Waals surface area contributed by atoms with Crippen molar-refractivity contribution in [1.29, 1.82) is 0 Å². The Morgan fingerprint density at radius 2 is 2.26 bits per heavy atom. The Morgan fingerprint density at radius 1 is 1.53 bits per heavy atom. The van der Waals surface area contributed by atoms with Gasteiger partial charge in [-0.3, -0.25) is 0 Å². The van der Waals surface area contributed by atoms with E-state index in [2.05, 4.69) is 5.32 Å². The van der Waals surface area contributed by atoms with Gasteiger partial charge in [-0.2, -0.15) is 0 Å². The van der Waals surface area contributed by atoms with E-state index in [0.29, 0.717) is 23.9 Å². The van der Waals surface area contributed by atoms with E-state index in [1.807, 2.05) is 18.2 Å². The fraction of sp³-hybridized carbons (Fsp3) is 0.500. The highest BCUT2D eigenvalue weighted by Crippen LogP contribution is 2.27. The summed E-state index contributed by atoms with van der Waals surface area (Å²) in [5, 5.41) is 12.1. The average Bonchev–Trinajstić information content (AvgIpc) is 2.37. The lowest BCUT2D eigenvalue weighted by atomic mass is 9.82. The van der Waals surface area contributed by atoms with Crippen LogP contribution < -0.4 is 10.1 Å². The molecule has 5 heteroatoms. The zero-order chi connectivity index (χ0) is 13.8. The monoisotopic (exact) mass is 264 g/mol. The van der Waals surface area contributed by atoms with Gasteiger partial charge in [-0.15, -0.1) is 0 Å². The average molecular weight is 264 g/mol. The molecule has 0 radical (unpaired) electrons. The van der Waals surface area contributed by atoms with Crippen molar-refractivity contribution in [2.24, 2.45) is 5.92 Å². The number of hydrogen-bond acceptors (Lipinski definition) is 3. The largest absolute Gasteiger partial charge is 0.497 e. The smallest absolute Gasteiger partial charge is 0.321 e. The summed E-state index contributed by atoms with van der Waals surface area (Å²) in [5.41, 5.74) is 0.713. The van der Waals surface area contributed by atoms with Crippen LogP contribution in [0, 0.1) is 5.92 Å². The lowest BCUT2D eigenvalue weighted by Gasteiger charge is -2.34. The Balaban J connectivity index is 1.85. The number of anilines is 1. The summed E-state index contributed by atoms with van der Waals surface area (Å²) in [6.07, 6.45) is 1.40. The zero-order valence-corrected chi connectivity index (χ0v) is 11.3. The first-order valence-corrected chi connectivity index (χ1v) is 6.42. The Labute approximate surface area is 113 Å². The van der Waals surface area contributed by atoms with Gasteiger partial charge < -0.3 is 20.1 Å². The van der Waals surface area contributed by atoms with Crippen LogP contribution in [0.2, 0.25) is 0 Å². The fourth-order valence-corrected chi connectivity index (χ4v) is 2.24. The van der Waals surface area contributed by atoms with Crippen molar-refractivity contribution >= 4 is 11.7 Å². The minimum absolute atomic E-state index is 0.144. The van der Waals surface area contributed by atoms with Crippen LogP contribution in [0.5, 0.6) is 5.75 Å². The van der Waals surface area contributed by atoms with E-state index in [4.69, 9.17) is 4.74 Å². The normalized spacial score (nSPS) is 21.4.